The summed E-state index contributed by atoms with van der Waals surface area (Å²) in [5, 5.41) is 7.59. The van der Waals surface area contributed by atoms with Crippen molar-refractivity contribution in [2.24, 2.45) is 0 Å². The third-order valence-electron chi connectivity index (χ3n) is 4.10. The Morgan fingerprint density at radius 1 is 1.16 bits per heavy atom. The van der Waals surface area contributed by atoms with Crippen molar-refractivity contribution in [1.29, 1.82) is 0 Å². The maximum atomic E-state index is 13.2. The van der Waals surface area contributed by atoms with Gasteiger partial charge in [-0.15, -0.1) is 0 Å². The van der Waals surface area contributed by atoms with Crippen molar-refractivity contribution < 1.29 is 9.13 Å². The lowest BCUT2D eigenvalue weighted by molar-refractivity contribution is 0.333. The Labute approximate surface area is 144 Å². The summed E-state index contributed by atoms with van der Waals surface area (Å²) >= 11 is 0. The number of aromatic nitrogens is 3. The van der Waals surface area contributed by atoms with Gasteiger partial charge in [-0.05, 0) is 48.9 Å². The SMILES string of the molecule is CCOc1ccccc1[C@@H]1C=C(c2ccc(F)cc2)Nc2ncnn21. The molecule has 1 N–H and O–H groups in total. The van der Waals surface area contributed by atoms with E-state index in [0.717, 1.165) is 22.6 Å². The first-order valence-electron chi connectivity index (χ1n) is 8.12. The minimum absolute atomic E-state index is 0.165. The minimum atomic E-state index is -0.262. The second-order valence-electron chi connectivity index (χ2n) is 5.66. The molecule has 1 aliphatic rings. The highest BCUT2D eigenvalue weighted by Gasteiger charge is 2.25. The summed E-state index contributed by atoms with van der Waals surface area (Å²) in [6, 6.07) is 14.1. The fraction of sp³-hybridized carbons (Fsp3) is 0.158. The zero-order valence-corrected chi connectivity index (χ0v) is 13.7. The highest BCUT2D eigenvalue weighted by molar-refractivity contribution is 5.77. The standard InChI is InChI=1S/C19H17FN4O/c1-2-25-18-6-4-3-5-15(18)17-11-16(13-7-9-14(20)10-8-13)23-19-21-12-22-24(17)19/h3-12,17H,2H2,1H3,(H,21,22,23)/t17-/m0/s1. The molecule has 0 spiro atoms. The van der Waals surface area contributed by atoms with Gasteiger partial charge in [0.25, 0.3) is 0 Å². The second-order valence-corrected chi connectivity index (χ2v) is 5.66. The molecule has 2 heterocycles. The smallest absolute Gasteiger partial charge is 0.226 e. The number of para-hydroxylation sites is 1. The highest BCUT2D eigenvalue weighted by atomic mass is 19.1. The van der Waals surface area contributed by atoms with Crippen LogP contribution in [0.3, 0.4) is 0 Å². The monoisotopic (exact) mass is 336 g/mol. The van der Waals surface area contributed by atoms with Crippen molar-refractivity contribution in [3.63, 3.8) is 0 Å². The number of nitrogens with one attached hydrogen (secondary N) is 1. The van der Waals surface area contributed by atoms with E-state index in [0.29, 0.717) is 12.6 Å². The average molecular weight is 336 g/mol. The molecule has 0 fully saturated rings. The molecule has 1 aliphatic heterocycles. The van der Waals surface area contributed by atoms with E-state index in [1.165, 1.54) is 18.5 Å². The van der Waals surface area contributed by atoms with Gasteiger partial charge in [-0.1, -0.05) is 18.2 Å². The largest absolute Gasteiger partial charge is 0.494 e. The number of hydrogen-bond acceptors (Lipinski definition) is 4. The molecule has 1 aromatic heterocycles. The summed E-state index contributed by atoms with van der Waals surface area (Å²) in [6.45, 7) is 2.54. The van der Waals surface area contributed by atoms with Crippen LogP contribution >= 0.6 is 0 Å². The molecule has 6 heteroatoms. The zero-order valence-electron chi connectivity index (χ0n) is 13.7. The van der Waals surface area contributed by atoms with Crippen LogP contribution in [-0.4, -0.2) is 21.4 Å². The molecule has 3 aromatic rings. The fourth-order valence-corrected chi connectivity index (χ4v) is 2.96. The third-order valence-corrected chi connectivity index (χ3v) is 4.10. The Kier molecular flexibility index (Phi) is 3.93. The van der Waals surface area contributed by atoms with Gasteiger partial charge in [0.05, 0.1) is 6.61 Å². The lowest BCUT2D eigenvalue weighted by Gasteiger charge is -2.25. The molecular formula is C19H17FN4O. The predicted octanol–water partition coefficient (Wildman–Crippen LogP) is 3.87. The molecule has 5 nitrogen and oxygen atoms in total. The Balaban J connectivity index is 1.81. The molecule has 0 aliphatic carbocycles. The van der Waals surface area contributed by atoms with Gasteiger partial charge >= 0.3 is 0 Å². The summed E-state index contributed by atoms with van der Waals surface area (Å²) in [5.74, 6) is 1.19. The number of fused-ring (bicyclic) bond motifs is 1. The lowest BCUT2D eigenvalue weighted by Crippen LogP contribution is -2.20. The average Bonchev–Trinajstić information content (AvgIpc) is 3.11. The first kappa shape index (κ1) is 15.4. The van der Waals surface area contributed by atoms with Gasteiger partial charge in [0.1, 0.15) is 23.9 Å². The van der Waals surface area contributed by atoms with Gasteiger partial charge in [0, 0.05) is 11.3 Å². The Morgan fingerprint density at radius 3 is 2.76 bits per heavy atom. The third kappa shape index (κ3) is 2.87. The zero-order chi connectivity index (χ0) is 17.2. The molecule has 25 heavy (non-hydrogen) atoms. The van der Waals surface area contributed by atoms with E-state index in [2.05, 4.69) is 15.4 Å². The van der Waals surface area contributed by atoms with Crippen LogP contribution in [0.15, 0.2) is 60.9 Å². The lowest BCUT2D eigenvalue weighted by atomic mass is 10.0. The van der Waals surface area contributed by atoms with Crippen molar-refractivity contribution >= 4 is 11.6 Å². The number of hydrogen-bond donors (Lipinski definition) is 1. The Hall–Kier alpha value is -3.15. The molecule has 0 saturated carbocycles. The molecule has 1 atom stereocenters. The molecular weight excluding hydrogens is 319 g/mol. The van der Waals surface area contributed by atoms with Crippen molar-refractivity contribution in [3.8, 4) is 5.75 Å². The Morgan fingerprint density at radius 2 is 1.96 bits per heavy atom. The van der Waals surface area contributed by atoms with Crippen molar-refractivity contribution in [1.82, 2.24) is 14.8 Å². The predicted molar refractivity (Wildman–Crippen MR) is 93.8 cm³/mol. The van der Waals surface area contributed by atoms with E-state index in [-0.39, 0.29) is 11.9 Å². The first-order valence-corrected chi connectivity index (χ1v) is 8.12. The van der Waals surface area contributed by atoms with E-state index >= 15 is 0 Å². The number of allylic oxidation sites excluding steroid dienone is 1. The van der Waals surface area contributed by atoms with Gasteiger partial charge in [0.2, 0.25) is 5.95 Å². The molecule has 2 aromatic carbocycles. The van der Waals surface area contributed by atoms with Gasteiger partial charge < -0.3 is 10.1 Å². The molecule has 0 saturated heterocycles. The van der Waals surface area contributed by atoms with Crippen LogP contribution < -0.4 is 10.1 Å². The normalized spacial score (nSPS) is 15.9. The van der Waals surface area contributed by atoms with Crippen molar-refractivity contribution in [3.05, 3.63) is 77.9 Å². The van der Waals surface area contributed by atoms with Gasteiger partial charge in [0.15, 0.2) is 0 Å². The van der Waals surface area contributed by atoms with Crippen LogP contribution in [0, 0.1) is 5.82 Å². The highest BCUT2D eigenvalue weighted by Crippen LogP contribution is 2.35. The van der Waals surface area contributed by atoms with E-state index < -0.39 is 0 Å². The maximum absolute atomic E-state index is 13.2. The molecule has 0 unspecified atom stereocenters. The summed E-state index contributed by atoms with van der Waals surface area (Å²) in [6.07, 6.45) is 3.56. The van der Waals surface area contributed by atoms with Gasteiger partial charge in [-0.25, -0.2) is 9.07 Å². The van der Waals surface area contributed by atoms with Crippen LogP contribution in [0.25, 0.3) is 5.70 Å². The summed E-state index contributed by atoms with van der Waals surface area (Å²) in [4.78, 5) is 4.29. The first-order chi connectivity index (χ1) is 12.3. The quantitative estimate of drug-likeness (QED) is 0.786. The number of nitrogens with zero attached hydrogens (tertiary/aromatic N) is 3. The number of benzene rings is 2. The molecule has 0 radical (unpaired) electrons. The minimum Gasteiger partial charge on any atom is -0.494 e. The second kappa shape index (κ2) is 6.39. The van der Waals surface area contributed by atoms with Crippen LogP contribution in [0.5, 0.6) is 5.75 Å². The van der Waals surface area contributed by atoms with Crippen molar-refractivity contribution in [2.75, 3.05) is 11.9 Å². The maximum Gasteiger partial charge on any atom is 0.226 e. The summed E-state index contributed by atoms with van der Waals surface area (Å²) in [7, 11) is 0. The van der Waals surface area contributed by atoms with Crippen molar-refractivity contribution in [2.45, 2.75) is 13.0 Å². The molecule has 126 valence electrons. The molecule has 0 bridgehead atoms. The van der Waals surface area contributed by atoms with Crippen LogP contribution in [-0.2, 0) is 0 Å². The number of halogens is 1. The van der Waals surface area contributed by atoms with E-state index in [1.807, 2.05) is 41.9 Å². The Bertz CT molecular complexity index is 917. The number of anilines is 1. The summed E-state index contributed by atoms with van der Waals surface area (Å²) in [5.41, 5.74) is 2.74. The fourth-order valence-electron chi connectivity index (χ4n) is 2.96. The molecule has 4 rings (SSSR count). The van der Waals surface area contributed by atoms with E-state index in [4.69, 9.17) is 4.74 Å². The van der Waals surface area contributed by atoms with Gasteiger partial charge in [-0.2, -0.15) is 10.1 Å². The topological polar surface area (TPSA) is 52.0 Å². The number of ether oxygens (including phenoxy) is 1. The van der Waals surface area contributed by atoms with E-state index in [1.54, 1.807) is 12.1 Å². The molecule has 0 amide bonds. The summed E-state index contributed by atoms with van der Waals surface area (Å²) < 4.78 is 20.8. The van der Waals surface area contributed by atoms with E-state index in [9.17, 15) is 4.39 Å². The number of rotatable bonds is 4. The van der Waals surface area contributed by atoms with Gasteiger partial charge in [-0.3, -0.25) is 0 Å². The van der Waals surface area contributed by atoms with Crippen LogP contribution in [0.1, 0.15) is 24.1 Å². The van der Waals surface area contributed by atoms with Crippen LogP contribution in [0.4, 0.5) is 10.3 Å². The van der Waals surface area contributed by atoms with Crippen LogP contribution in [0.2, 0.25) is 0 Å².